The zero-order chi connectivity index (χ0) is 110. The van der Waals surface area contributed by atoms with E-state index in [1.54, 1.807) is 0 Å². The van der Waals surface area contributed by atoms with Gasteiger partial charge in [-0.05, 0) is 55.4 Å². The number of aliphatic hydroxyl groups excluding tert-OH is 4. The summed E-state index contributed by atoms with van der Waals surface area (Å²) in [5, 5.41) is 105. The molecule has 8 fully saturated rings. The lowest BCUT2D eigenvalue weighted by Gasteiger charge is -2.27. The van der Waals surface area contributed by atoms with E-state index < -0.39 is 302 Å². The highest BCUT2D eigenvalue weighted by molar-refractivity contribution is 8.57. The highest BCUT2D eigenvalue weighted by Crippen LogP contribution is 2.62. The number of carbonyl (C=O) groups excluding carboxylic acids is 12. The monoisotopic (exact) mass is 2250 g/mol. The van der Waals surface area contributed by atoms with Gasteiger partial charge in [-0.3, -0.25) is 145 Å². The molecule has 5 aromatic rings. The third-order valence-electron chi connectivity index (χ3n) is 23.5. The predicted molar refractivity (Wildman–Crippen MR) is 510 cm³/mol. The Bertz CT molecular complexity index is 5970. The minimum atomic E-state index is -3.98. The Kier molecular flexibility index (Phi) is 40.3. The van der Waals surface area contributed by atoms with Crippen LogP contribution in [0, 0.1) is 23.7 Å². The van der Waals surface area contributed by atoms with Gasteiger partial charge in [-0.25, -0.2) is 39.7 Å². The first-order valence-corrected chi connectivity index (χ1v) is 57.0. The molecule has 0 spiro atoms. The molecule has 820 valence electrons. The van der Waals surface area contributed by atoms with Crippen molar-refractivity contribution in [2.45, 2.75) is 201 Å². The maximum absolute atomic E-state index is 13.8. The summed E-state index contributed by atoms with van der Waals surface area (Å²) in [6.45, 7) is -7.62. The van der Waals surface area contributed by atoms with E-state index >= 15 is 0 Å². The van der Waals surface area contributed by atoms with Crippen LogP contribution in [0.1, 0.15) is 106 Å². The number of imide groups is 4. The van der Waals surface area contributed by atoms with Crippen LogP contribution in [0.25, 0.3) is 11.2 Å². The van der Waals surface area contributed by atoms with Crippen LogP contribution >= 0.6 is 72.4 Å². The second kappa shape index (κ2) is 49.7. The molecule has 8 amide bonds. The molecule has 8 aliphatic heterocycles. The molecule has 13 rings (SSSR count). The molecule has 6 unspecified atom stereocenters. The van der Waals surface area contributed by atoms with Gasteiger partial charge < -0.3 is 107 Å². The molecule has 0 aromatic carbocycles. The Balaban J connectivity index is 0.000000202. The van der Waals surface area contributed by atoms with E-state index in [0.29, 0.717) is 45.5 Å². The van der Waals surface area contributed by atoms with Crippen LogP contribution in [0.15, 0.2) is 71.9 Å². The molecule has 0 radical (unpaired) electrons. The second-order valence-corrected chi connectivity index (χ2v) is 52.1. The maximum atomic E-state index is 13.8. The van der Waals surface area contributed by atoms with Crippen LogP contribution < -0.4 is 85.8 Å². The lowest BCUT2D eigenvalue weighted by atomic mass is 9.96. The minimum Gasteiger partial charge on any atom is -0.479 e. The number of H-pyrrole nitrogens is 3. The van der Waals surface area contributed by atoms with E-state index in [4.69, 9.17) is 47.5 Å². The standard InChI is InChI=1S/C21H30N7O10PS.3C19H27N4O11PS/c1-9(18(32)36-4)27-39(34,40-7-10-5-12(29)24-16(10)31)37-6-11-14(30)21(2,33)19(38-11)28-8-23-13-15(28)25-20(22)26-17(13)35-3;3*1-9(16(28)32-3)22-35(31,36-8-10-6-13(25)20-15(10)27)33-7-11-14(26)19(2,30)17(34-11)23-5-4-12(24)21-18(23)29/h8-11,14,19,30,33H,5-7H2,1-4H3,(H,27,34)(H2,22,25,26)(H,24,29,31);3*4-5,9-11,14,17,26,30H,6-8H2,1-3H3,(H,22,31)(H,20,25,27)(H,21,24,29)/t9-,10?,11-,14-,19-,21-,39?;9-,10?,11-,14-,17-,19-,35?;9-,10?,11-,14-,17-,19-,35+;9-,10?,11-,14-,17-,19-,35-/m1111/s1. The van der Waals surface area contributed by atoms with Crippen molar-refractivity contribution in [3.05, 3.63) is 106 Å². The molecule has 13 heterocycles. The fourth-order valence-corrected chi connectivity index (χ4v) is 31.4. The van der Waals surface area contributed by atoms with Crippen LogP contribution in [0.3, 0.4) is 0 Å². The number of ether oxygens (including phenoxy) is 9. The summed E-state index contributed by atoms with van der Waals surface area (Å²) in [5.41, 5.74) is -6.43. The van der Waals surface area contributed by atoms with Gasteiger partial charge in [0.25, 0.3) is 16.7 Å². The number of fused-ring (bicyclic) bond motifs is 1. The predicted octanol–water partition coefficient (Wildman–Crippen LogP) is -6.25. The first-order valence-electron chi connectivity index (χ1n) is 44.2. The number of aliphatic hydroxyl groups is 8. The molecule has 0 bridgehead atoms. The number of aromatic nitrogens is 10. The average molecular weight is 2250 g/mol. The minimum absolute atomic E-state index is 0.0614. The van der Waals surface area contributed by atoms with Gasteiger partial charge in [-0.15, -0.1) is 0 Å². The molecule has 0 aliphatic carbocycles. The van der Waals surface area contributed by atoms with Crippen molar-refractivity contribution in [3.63, 3.8) is 0 Å². The number of carbonyl (C=O) groups is 12. The van der Waals surface area contributed by atoms with Gasteiger partial charge in [0.2, 0.25) is 59.1 Å². The zero-order valence-corrected chi connectivity index (χ0v) is 87.4. The van der Waals surface area contributed by atoms with Gasteiger partial charge >= 0.3 is 67.8 Å². The number of anilines is 1. The third-order valence-corrected chi connectivity index (χ3v) is 40.2. The fourth-order valence-electron chi connectivity index (χ4n) is 15.3. The van der Waals surface area contributed by atoms with Crippen molar-refractivity contribution in [3.8, 4) is 5.88 Å². The number of aromatic amines is 3. The van der Waals surface area contributed by atoms with E-state index in [1.807, 2.05) is 15.0 Å². The topological polar surface area (TPSA) is 885 Å². The first-order chi connectivity index (χ1) is 69.1. The summed E-state index contributed by atoms with van der Waals surface area (Å²) in [7, 11) is 5.95. The number of hydrogen-bond acceptors (Lipinski definition) is 51. The van der Waals surface area contributed by atoms with Gasteiger partial charge in [0, 0.05) is 85.5 Å². The van der Waals surface area contributed by atoms with Crippen molar-refractivity contribution in [1.82, 2.24) is 89.8 Å². The van der Waals surface area contributed by atoms with Gasteiger partial charge in [0.1, 0.15) is 95.4 Å². The van der Waals surface area contributed by atoms with Crippen molar-refractivity contribution >= 4 is 161 Å². The van der Waals surface area contributed by atoms with Gasteiger partial charge in [-0.2, -0.15) is 9.97 Å². The van der Waals surface area contributed by atoms with E-state index in [2.05, 4.69) is 75.5 Å². The van der Waals surface area contributed by atoms with Gasteiger partial charge in [-0.1, -0.05) is 45.5 Å². The Morgan fingerprint density at radius 2 is 0.655 bits per heavy atom. The first kappa shape index (κ1) is 120. The second-order valence-electron chi connectivity index (χ2n) is 34.9. The molecule has 62 nitrogen and oxygen atoms in total. The van der Waals surface area contributed by atoms with E-state index in [-0.39, 0.29) is 71.7 Å². The Hall–Kier alpha value is -9.85. The molecule has 0 saturated carbocycles. The van der Waals surface area contributed by atoms with Crippen molar-refractivity contribution in [1.29, 1.82) is 0 Å². The van der Waals surface area contributed by atoms with Gasteiger partial charge in [0.15, 0.2) is 36.1 Å². The Morgan fingerprint density at radius 3 is 0.865 bits per heavy atom. The highest BCUT2D eigenvalue weighted by atomic mass is 32.7. The molecule has 5 aromatic heterocycles. The van der Waals surface area contributed by atoms with Crippen LogP contribution in [-0.2, 0) is 132 Å². The number of imidazole rings is 1. The quantitative estimate of drug-likeness (QED) is 0.00749. The fraction of sp³-hybridized carbons (Fsp3) is 0.628. The number of nitrogen functional groups attached to an aromatic ring is 1. The lowest BCUT2D eigenvalue weighted by molar-refractivity contribution is -0.143. The number of methoxy groups -OCH3 is 5. The third kappa shape index (κ3) is 29.1. The van der Waals surface area contributed by atoms with Crippen molar-refractivity contribution in [2.75, 3.05) is 90.7 Å². The van der Waals surface area contributed by atoms with Crippen LogP contribution in [0.2, 0.25) is 0 Å². The summed E-state index contributed by atoms with van der Waals surface area (Å²) in [4.78, 5) is 230. The van der Waals surface area contributed by atoms with Crippen LogP contribution in [-0.4, -0.2) is 341 Å². The number of nitrogens with zero attached hydrogens (tertiary/aromatic N) is 7. The normalized spacial score (nSPS) is 30.1. The number of esters is 4. The van der Waals surface area contributed by atoms with Crippen LogP contribution in [0.5, 0.6) is 5.88 Å². The lowest BCUT2D eigenvalue weighted by Crippen LogP contribution is -2.46. The SMILES string of the molecule is COC(=O)[C@@H](C)NP(=O)(OC[C@H]1O[C@@H](n2ccc(=O)[nH]c2=O)[C@](C)(O)[C@@H]1O)SCC1CC(=O)NC1=O.COC(=O)[C@@H](C)NP(=O)(OC[C@H]1O[C@@H](n2cnc3c(OC)nc(N)nc32)[C@](C)(O)[C@@H]1O)SCC1CC(=O)NC1=O.COC(=O)[C@@H](C)N[P@@](=O)(OC[C@H]1O[C@@H](n2ccc(=O)[nH]c2=O)[C@](C)(O)[C@@H]1O)SCC1CC(=O)NC1=O.COC(=O)[C@@H](C)N[P@](=O)(OC[C@H]1O[C@@H](n2ccc(=O)[nH]c2=O)[C@](C)(O)[C@@H]1O)SCC1CC(=O)NC1=O. The zero-order valence-electron chi connectivity index (χ0n) is 80.6. The summed E-state index contributed by atoms with van der Waals surface area (Å²) >= 11 is 2.74. The number of rotatable bonds is 41. The smallest absolute Gasteiger partial charge is 0.330 e. The molecular formula is C78H111N19O43P4S4. The molecule has 70 heteroatoms. The number of nitrogens with two attached hydrogens (primary N) is 1. The summed E-state index contributed by atoms with van der Waals surface area (Å²) in [6.07, 6.45) is -12.7. The maximum Gasteiger partial charge on any atom is 0.330 e. The van der Waals surface area contributed by atoms with E-state index in [0.717, 1.165) is 78.9 Å². The van der Waals surface area contributed by atoms with Gasteiger partial charge in [0.05, 0.1) is 92.0 Å². The molecule has 28 atom stereocenters. The van der Waals surface area contributed by atoms with E-state index in [1.165, 1.54) is 73.4 Å². The Labute approximate surface area is 850 Å². The molecule has 148 heavy (non-hydrogen) atoms. The highest BCUT2D eigenvalue weighted by Gasteiger charge is 2.59. The largest absolute Gasteiger partial charge is 0.479 e. The number of nitrogens with one attached hydrogen (secondary N) is 11. The van der Waals surface area contributed by atoms with Crippen LogP contribution in [0.4, 0.5) is 5.95 Å². The summed E-state index contributed by atoms with van der Waals surface area (Å²) in [6, 6.07) is -1.23. The van der Waals surface area contributed by atoms with E-state index in [9.17, 15) is 145 Å². The average Bonchev–Trinajstić information content (AvgIpc) is 1.62. The van der Waals surface area contributed by atoms with Crippen molar-refractivity contribution < 1.29 is 177 Å². The number of amides is 8. The molecular weight excluding hydrogens is 2140 g/mol. The molecule has 8 aliphatic rings. The summed E-state index contributed by atoms with van der Waals surface area (Å²) in [5.74, 6) is -10.3. The summed E-state index contributed by atoms with van der Waals surface area (Å²) < 4.78 is 127. The molecule has 8 saturated heterocycles. The van der Waals surface area contributed by atoms with Crippen molar-refractivity contribution in [2.24, 2.45) is 23.7 Å². The Morgan fingerprint density at radius 1 is 0.419 bits per heavy atom. The molecule has 21 N–H and O–H groups in total. The number of hydrogen-bond donors (Lipinski definition) is 20.